The standard InChI is InChI=1S/C33H47ClFN3O5Si/c1-32(2,3)43-31(40)37-14-12-33(13-15-37,25-7-9-27(35)10-8-25)22-41-16-11-29(39)28-20-26(34)19-24-21-38(36-30(24)28)23-42-17-18-44(4,5)6/h7-10,19-21,29,39H,11-18,22-23H2,1-6H3. The van der Waals surface area contributed by atoms with Crippen LogP contribution in [0.3, 0.4) is 0 Å². The van der Waals surface area contributed by atoms with Crippen molar-refractivity contribution in [2.45, 2.75) is 89.6 Å². The van der Waals surface area contributed by atoms with Crippen LogP contribution in [0.15, 0.2) is 42.6 Å². The fourth-order valence-corrected chi connectivity index (χ4v) is 6.40. The first kappa shape index (κ1) is 34.4. The molecule has 1 atom stereocenters. The van der Waals surface area contributed by atoms with Gasteiger partial charge in [0.2, 0.25) is 0 Å². The highest BCUT2D eigenvalue weighted by molar-refractivity contribution is 6.76. The first-order valence-electron chi connectivity index (χ1n) is 15.4. The maximum atomic E-state index is 13.8. The van der Waals surface area contributed by atoms with Gasteiger partial charge in [-0.3, -0.25) is 0 Å². The fourth-order valence-electron chi connectivity index (χ4n) is 5.41. The number of fused-ring (bicyclic) bond motifs is 1. The van der Waals surface area contributed by atoms with E-state index in [9.17, 15) is 14.3 Å². The summed E-state index contributed by atoms with van der Waals surface area (Å²) in [6.07, 6.45) is 2.36. The molecule has 1 amide bonds. The summed E-state index contributed by atoms with van der Waals surface area (Å²) in [6, 6.07) is 11.2. The van der Waals surface area contributed by atoms with E-state index in [1.165, 1.54) is 12.1 Å². The number of hydrogen-bond acceptors (Lipinski definition) is 6. The Morgan fingerprint density at radius 2 is 1.80 bits per heavy atom. The van der Waals surface area contributed by atoms with Crippen LogP contribution in [0, 0.1) is 5.82 Å². The van der Waals surface area contributed by atoms with Crippen molar-refractivity contribution < 1.29 is 28.5 Å². The SMILES string of the molecule is CC(C)(C)OC(=O)N1CCC(COCCC(O)c2cc(Cl)cc3cn(COCC[Si](C)(C)C)nc23)(c2ccc(F)cc2)CC1. The van der Waals surface area contributed by atoms with Crippen LogP contribution in [0.2, 0.25) is 30.7 Å². The molecule has 0 spiro atoms. The summed E-state index contributed by atoms with van der Waals surface area (Å²) in [5.41, 5.74) is 1.34. The molecular formula is C33H47ClFN3O5Si. The van der Waals surface area contributed by atoms with Gasteiger partial charge in [0, 0.05) is 68.4 Å². The van der Waals surface area contributed by atoms with Gasteiger partial charge in [-0.05, 0) is 69.5 Å². The number of likely N-dealkylation sites (tertiary alicyclic amines) is 1. The molecule has 11 heteroatoms. The number of benzene rings is 2. The second-order valence-corrected chi connectivity index (χ2v) is 20.1. The molecule has 1 fully saturated rings. The third kappa shape index (κ3) is 9.50. The Hall–Kier alpha value is -2.50. The number of aliphatic hydroxyl groups is 1. The van der Waals surface area contributed by atoms with Crippen molar-refractivity contribution in [1.82, 2.24) is 14.7 Å². The lowest BCUT2D eigenvalue weighted by atomic mass is 9.73. The molecule has 44 heavy (non-hydrogen) atoms. The van der Waals surface area contributed by atoms with E-state index in [0.29, 0.717) is 75.0 Å². The van der Waals surface area contributed by atoms with Crippen LogP contribution in [0.1, 0.15) is 57.3 Å². The predicted octanol–water partition coefficient (Wildman–Crippen LogP) is 7.55. The summed E-state index contributed by atoms with van der Waals surface area (Å²) >= 11 is 6.41. The van der Waals surface area contributed by atoms with Gasteiger partial charge in [0.1, 0.15) is 18.1 Å². The van der Waals surface area contributed by atoms with Gasteiger partial charge in [0.25, 0.3) is 0 Å². The third-order valence-corrected chi connectivity index (χ3v) is 9.89. The highest BCUT2D eigenvalue weighted by atomic mass is 35.5. The van der Waals surface area contributed by atoms with Gasteiger partial charge in [0.15, 0.2) is 0 Å². The molecule has 2 heterocycles. The Morgan fingerprint density at radius 3 is 2.43 bits per heavy atom. The van der Waals surface area contributed by atoms with Crippen molar-refractivity contribution in [2.75, 3.05) is 32.9 Å². The van der Waals surface area contributed by atoms with E-state index >= 15 is 0 Å². The zero-order valence-corrected chi connectivity index (χ0v) is 28.6. The van der Waals surface area contributed by atoms with Crippen molar-refractivity contribution >= 4 is 36.7 Å². The van der Waals surface area contributed by atoms with Crippen LogP contribution < -0.4 is 0 Å². The number of amides is 1. The second-order valence-electron chi connectivity index (χ2n) is 14.1. The molecule has 0 bridgehead atoms. The Balaban J connectivity index is 1.38. The highest BCUT2D eigenvalue weighted by Gasteiger charge is 2.39. The molecule has 2 aromatic carbocycles. The third-order valence-electron chi connectivity index (χ3n) is 7.97. The van der Waals surface area contributed by atoms with Crippen molar-refractivity contribution in [3.8, 4) is 0 Å². The van der Waals surface area contributed by atoms with Crippen molar-refractivity contribution in [3.05, 3.63) is 64.6 Å². The number of rotatable bonds is 12. The number of carbonyl (C=O) groups is 1. The number of aliphatic hydroxyl groups excluding tert-OH is 1. The molecule has 4 rings (SSSR count). The van der Waals surface area contributed by atoms with E-state index in [2.05, 4.69) is 24.7 Å². The van der Waals surface area contributed by atoms with Crippen molar-refractivity contribution in [1.29, 1.82) is 0 Å². The van der Waals surface area contributed by atoms with Crippen LogP contribution in [-0.2, 0) is 26.4 Å². The second kappa shape index (κ2) is 14.3. The van der Waals surface area contributed by atoms with Crippen molar-refractivity contribution in [3.63, 3.8) is 0 Å². The minimum absolute atomic E-state index is 0.299. The van der Waals surface area contributed by atoms with E-state index < -0.39 is 25.2 Å². The van der Waals surface area contributed by atoms with Crippen LogP contribution in [-0.4, -0.2) is 72.5 Å². The van der Waals surface area contributed by atoms with Gasteiger partial charge in [0.05, 0.1) is 18.2 Å². The lowest BCUT2D eigenvalue weighted by Gasteiger charge is -2.42. The minimum atomic E-state index is -1.18. The van der Waals surface area contributed by atoms with E-state index in [0.717, 1.165) is 17.0 Å². The van der Waals surface area contributed by atoms with E-state index in [1.807, 2.05) is 33.0 Å². The molecule has 1 aliphatic rings. The zero-order chi connectivity index (χ0) is 32.1. The summed E-state index contributed by atoms with van der Waals surface area (Å²) in [4.78, 5) is 14.4. The van der Waals surface area contributed by atoms with Gasteiger partial charge in [-0.2, -0.15) is 5.10 Å². The molecule has 0 aliphatic carbocycles. The maximum absolute atomic E-state index is 13.8. The fraction of sp³-hybridized carbons (Fsp3) is 0.576. The summed E-state index contributed by atoms with van der Waals surface area (Å²) in [5, 5.41) is 17.2. The van der Waals surface area contributed by atoms with Crippen LogP contribution in [0.5, 0.6) is 0 Å². The predicted molar refractivity (Wildman–Crippen MR) is 174 cm³/mol. The van der Waals surface area contributed by atoms with Crippen LogP contribution in [0.4, 0.5) is 9.18 Å². The van der Waals surface area contributed by atoms with E-state index in [4.69, 9.17) is 25.8 Å². The average Bonchev–Trinajstić information content (AvgIpc) is 3.34. The first-order valence-corrected chi connectivity index (χ1v) is 19.5. The number of aromatic nitrogens is 2. The molecule has 1 saturated heterocycles. The number of carbonyl (C=O) groups excluding carboxylic acids is 1. The van der Waals surface area contributed by atoms with Crippen molar-refractivity contribution in [2.24, 2.45) is 0 Å². The number of ether oxygens (including phenoxy) is 3. The Kier molecular flexibility index (Phi) is 11.2. The molecule has 3 aromatic rings. The zero-order valence-electron chi connectivity index (χ0n) is 26.9. The highest BCUT2D eigenvalue weighted by Crippen LogP contribution is 2.37. The Labute approximate surface area is 266 Å². The molecule has 1 aromatic heterocycles. The molecular weight excluding hydrogens is 601 g/mol. The van der Waals surface area contributed by atoms with Crippen LogP contribution in [0.25, 0.3) is 10.9 Å². The first-order chi connectivity index (χ1) is 20.6. The molecule has 8 nitrogen and oxygen atoms in total. The van der Waals surface area contributed by atoms with Gasteiger partial charge < -0.3 is 24.2 Å². The summed E-state index contributed by atoms with van der Waals surface area (Å²) in [7, 11) is -1.18. The smallest absolute Gasteiger partial charge is 0.410 e. The molecule has 1 unspecified atom stereocenters. The number of hydrogen-bond donors (Lipinski definition) is 1. The monoisotopic (exact) mass is 647 g/mol. The maximum Gasteiger partial charge on any atom is 0.410 e. The molecule has 242 valence electrons. The lowest BCUT2D eigenvalue weighted by Crippen LogP contribution is -2.48. The van der Waals surface area contributed by atoms with Gasteiger partial charge >= 0.3 is 6.09 Å². The molecule has 0 saturated carbocycles. The number of halogens is 2. The summed E-state index contributed by atoms with van der Waals surface area (Å²) in [6.45, 7) is 15.2. The van der Waals surface area contributed by atoms with E-state index in [-0.39, 0.29) is 11.9 Å². The lowest BCUT2D eigenvalue weighted by molar-refractivity contribution is 0.00171. The van der Waals surface area contributed by atoms with Gasteiger partial charge in [-0.15, -0.1) is 0 Å². The molecule has 1 aliphatic heterocycles. The van der Waals surface area contributed by atoms with Gasteiger partial charge in [-0.1, -0.05) is 43.4 Å². The van der Waals surface area contributed by atoms with E-state index in [1.54, 1.807) is 27.8 Å². The Bertz CT molecular complexity index is 1400. The quantitative estimate of drug-likeness (QED) is 0.161. The average molecular weight is 648 g/mol. The van der Waals surface area contributed by atoms with Crippen LogP contribution >= 0.6 is 11.6 Å². The minimum Gasteiger partial charge on any atom is -0.444 e. The largest absolute Gasteiger partial charge is 0.444 e. The normalized spacial score (nSPS) is 16.3. The molecule has 0 radical (unpaired) electrons. The molecule has 1 N–H and O–H groups in total. The number of nitrogens with zero attached hydrogens (tertiary/aromatic N) is 3. The van der Waals surface area contributed by atoms with Gasteiger partial charge in [-0.25, -0.2) is 13.9 Å². The Morgan fingerprint density at radius 1 is 1.11 bits per heavy atom. The number of piperidine rings is 1. The summed E-state index contributed by atoms with van der Waals surface area (Å²) < 4.78 is 33.1. The summed E-state index contributed by atoms with van der Waals surface area (Å²) in [5.74, 6) is -0.299. The topological polar surface area (TPSA) is 86.0 Å².